The highest BCUT2D eigenvalue weighted by atomic mass is 35.5. The molecular weight excluding hydrogens is 382 g/mol. The van der Waals surface area contributed by atoms with E-state index in [1.165, 1.54) is 11.1 Å². The molecule has 3 nitrogen and oxygen atoms in total. The Kier molecular flexibility index (Phi) is 6.95. The van der Waals surface area contributed by atoms with Crippen LogP contribution in [0.25, 0.3) is 0 Å². The number of carbonyl (C=O) groups is 1. The van der Waals surface area contributed by atoms with E-state index in [1.54, 1.807) is 18.2 Å². The summed E-state index contributed by atoms with van der Waals surface area (Å²) in [5.41, 5.74) is 4.98. The zero-order chi connectivity index (χ0) is 20.8. The van der Waals surface area contributed by atoms with Crippen LogP contribution < -0.4 is 10.1 Å². The molecule has 1 atom stereocenters. The lowest BCUT2D eigenvalue weighted by molar-refractivity contribution is 0.0931. The number of hydrogen-bond donors (Lipinski definition) is 1. The number of hydrogen-bond acceptors (Lipinski definition) is 2. The molecule has 0 aliphatic rings. The van der Waals surface area contributed by atoms with Crippen LogP contribution >= 0.6 is 11.6 Å². The van der Waals surface area contributed by atoms with Crippen molar-refractivity contribution in [1.82, 2.24) is 5.32 Å². The number of halogens is 1. The van der Waals surface area contributed by atoms with Crippen LogP contribution in [0.2, 0.25) is 5.02 Å². The molecule has 1 unspecified atom stereocenters. The Morgan fingerprint density at radius 2 is 1.79 bits per heavy atom. The number of ether oxygens (including phenoxy) is 1. The molecule has 150 valence electrons. The van der Waals surface area contributed by atoms with E-state index in [0.717, 1.165) is 17.5 Å². The third-order valence-corrected chi connectivity index (χ3v) is 5.17. The van der Waals surface area contributed by atoms with E-state index >= 15 is 0 Å². The van der Waals surface area contributed by atoms with Gasteiger partial charge in [0, 0.05) is 5.02 Å². The zero-order valence-electron chi connectivity index (χ0n) is 17.0. The fourth-order valence-corrected chi connectivity index (χ4v) is 3.57. The van der Waals surface area contributed by atoms with Crippen LogP contribution in [0.4, 0.5) is 0 Å². The van der Waals surface area contributed by atoms with Gasteiger partial charge in [0.2, 0.25) is 0 Å². The first-order chi connectivity index (χ1) is 14.0. The van der Waals surface area contributed by atoms with E-state index in [4.69, 9.17) is 16.3 Å². The van der Waals surface area contributed by atoms with E-state index in [-0.39, 0.29) is 11.9 Å². The highest BCUT2D eigenvalue weighted by molar-refractivity contribution is 6.31. The summed E-state index contributed by atoms with van der Waals surface area (Å²) in [6, 6.07) is 21.2. The van der Waals surface area contributed by atoms with Crippen molar-refractivity contribution in [2.45, 2.75) is 39.8 Å². The average molecular weight is 408 g/mol. The molecule has 3 aromatic carbocycles. The minimum absolute atomic E-state index is 0.0796. The SMILES string of the molecule is CCC(NC(=O)c1cc(Cl)ccc1OCc1ccccc1)c1ccc(C)cc1C. The van der Waals surface area contributed by atoms with Crippen molar-refractivity contribution in [3.05, 3.63) is 99.6 Å². The molecule has 0 saturated carbocycles. The summed E-state index contributed by atoms with van der Waals surface area (Å²) in [5.74, 6) is 0.327. The van der Waals surface area contributed by atoms with Gasteiger partial charge in [0.25, 0.3) is 5.91 Å². The molecule has 0 aliphatic carbocycles. The highest BCUT2D eigenvalue weighted by Gasteiger charge is 2.19. The van der Waals surface area contributed by atoms with Gasteiger partial charge in [-0.05, 0) is 55.2 Å². The molecule has 3 aromatic rings. The van der Waals surface area contributed by atoms with Crippen molar-refractivity contribution in [3.63, 3.8) is 0 Å². The van der Waals surface area contributed by atoms with Crippen molar-refractivity contribution in [2.75, 3.05) is 0 Å². The van der Waals surface area contributed by atoms with Gasteiger partial charge in [-0.1, -0.05) is 72.6 Å². The molecule has 4 heteroatoms. The minimum Gasteiger partial charge on any atom is -0.488 e. The van der Waals surface area contributed by atoms with Crippen molar-refractivity contribution < 1.29 is 9.53 Å². The number of amides is 1. The minimum atomic E-state index is -0.192. The predicted octanol–water partition coefficient (Wildman–Crippen LogP) is 6.42. The topological polar surface area (TPSA) is 38.3 Å². The van der Waals surface area contributed by atoms with Gasteiger partial charge < -0.3 is 10.1 Å². The molecule has 0 radical (unpaired) electrons. The first-order valence-electron chi connectivity index (χ1n) is 9.82. The Morgan fingerprint density at radius 3 is 2.48 bits per heavy atom. The maximum atomic E-state index is 13.1. The van der Waals surface area contributed by atoms with Gasteiger partial charge in [-0.2, -0.15) is 0 Å². The van der Waals surface area contributed by atoms with Crippen LogP contribution in [0.15, 0.2) is 66.7 Å². The Morgan fingerprint density at radius 1 is 1.03 bits per heavy atom. The van der Waals surface area contributed by atoms with Crippen molar-refractivity contribution in [1.29, 1.82) is 0 Å². The summed E-state index contributed by atoms with van der Waals surface area (Å²) in [6.07, 6.45) is 0.788. The summed E-state index contributed by atoms with van der Waals surface area (Å²) in [6.45, 7) is 6.59. The molecule has 0 saturated heterocycles. The van der Waals surface area contributed by atoms with E-state index in [2.05, 4.69) is 44.3 Å². The molecular formula is C25H26ClNO2. The lowest BCUT2D eigenvalue weighted by Crippen LogP contribution is -2.29. The molecule has 0 heterocycles. The molecule has 0 aromatic heterocycles. The summed E-state index contributed by atoms with van der Waals surface area (Å²) in [7, 11) is 0. The Bertz CT molecular complexity index is 985. The number of benzene rings is 3. The molecule has 0 fully saturated rings. The largest absolute Gasteiger partial charge is 0.488 e. The number of carbonyl (C=O) groups excluding carboxylic acids is 1. The van der Waals surface area contributed by atoms with E-state index in [1.807, 2.05) is 30.3 Å². The predicted molar refractivity (Wildman–Crippen MR) is 119 cm³/mol. The van der Waals surface area contributed by atoms with Crippen molar-refractivity contribution in [2.24, 2.45) is 0 Å². The third-order valence-electron chi connectivity index (χ3n) is 4.94. The second-order valence-corrected chi connectivity index (χ2v) is 7.65. The van der Waals surface area contributed by atoms with Crippen LogP contribution in [0.1, 0.15) is 52.0 Å². The van der Waals surface area contributed by atoms with Crippen LogP contribution in [0.3, 0.4) is 0 Å². The molecule has 1 amide bonds. The first kappa shape index (κ1) is 20.9. The Balaban J connectivity index is 1.81. The second kappa shape index (κ2) is 9.62. The normalized spacial score (nSPS) is 11.7. The number of nitrogens with one attached hydrogen (secondary N) is 1. The van der Waals surface area contributed by atoms with Gasteiger partial charge >= 0.3 is 0 Å². The standard InChI is InChI=1S/C25H26ClNO2/c1-4-23(21-12-10-17(2)14-18(21)3)27-25(28)22-15-20(26)11-13-24(22)29-16-19-8-6-5-7-9-19/h5-15,23H,4,16H2,1-3H3,(H,27,28). The Hall–Kier alpha value is -2.78. The third kappa shape index (κ3) is 5.39. The van der Waals surface area contributed by atoms with Gasteiger partial charge in [-0.3, -0.25) is 4.79 Å². The molecule has 29 heavy (non-hydrogen) atoms. The van der Waals surface area contributed by atoms with E-state index in [0.29, 0.717) is 22.9 Å². The van der Waals surface area contributed by atoms with Gasteiger partial charge in [0.1, 0.15) is 12.4 Å². The maximum absolute atomic E-state index is 13.1. The maximum Gasteiger partial charge on any atom is 0.255 e. The Labute approximate surface area is 177 Å². The first-order valence-corrected chi connectivity index (χ1v) is 10.2. The smallest absolute Gasteiger partial charge is 0.255 e. The summed E-state index contributed by atoms with van der Waals surface area (Å²) in [4.78, 5) is 13.1. The van der Waals surface area contributed by atoms with Crippen LogP contribution in [0, 0.1) is 13.8 Å². The summed E-state index contributed by atoms with van der Waals surface area (Å²) in [5, 5.41) is 3.65. The molecule has 0 bridgehead atoms. The second-order valence-electron chi connectivity index (χ2n) is 7.21. The van der Waals surface area contributed by atoms with E-state index in [9.17, 15) is 4.79 Å². The zero-order valence-corrected chi connectivity index (χ0v) is 17.8. The number of rotatable bonds is 7. The van der Waals surface area contributed by atoms with Crippen LogP contribution in [-0.4, -0.2) is 5.91 Å². The highest BCUT2D eigenvalue weighted by Crippen LogP contribution is 2.27. The van der Waals surface area contributed by atoms with Gasteiger partial charge in [-0.15, -0.1) is 0 Å². The average Bonchev–Trinajstić information content (AvgIpc) is 2.72. The van der Waals surface area contributed by atoms with Gasteiger partial charge in [-0.25, -0.2) is 0 Å². The van der Waals surface area contributed by atoms with Crippen molar-refractivity contribution >= 4 is 17.5 Å². The molecule has 1 N–H and O–H groups in total. The van der Waals surface area contributed by atoms with E-state index < -0.39 is 0 Å². The summed E-state index contributed by atoms with van der Waals surface area (Å²) >= 11 is 6.17. The van der Waals surface area contributed by atoms with Crippen LogP contribution in [0.5, 0.6) is 5.75 Å². The quantitative estimate of drug-likeness (QED) is 0.491. The molecule has 0 aliphatic heterocycles. The van der Waals surface area contributed by atoms with Crippen LogP contribution in [-0.2, 0) is 6.61 Å². The van der Waals surface area contributed by atoms with Crippen molar-refractivity contribution in [3.8, 4) is 5.75 Å². The van der Waals surface area contributed by atoms with Gasteiger partial charge in [0.05, 0.1) is 11.6 Å². The number of aryl methyl sites for hydroxylation is 2. The fourth-order valence-electron chi connectivity index (χ4n) is 3.39. The summed E-state index contributed by atoms with van der Waals surface area (Å²) < 4.78 is 5.94. The lowest BCUT2D eigenvalue weighted by Gasteiger charge is -2.21. The van der Waals surface area contributed by atoms with Gasteiger partial charge in [0.15, 0.2) is 0 Å². The fraction of sp³-hybridized carbons (Fsp3) is 0.240. The molecule has 3 rings (SSSR count). The lowest BCUT2D eigenvalue weighted by atomic mass is 9.97. The monoisotopic (exact) mass is 407 g/mol. The molecule has 0 spiro atoms.